The van der Waals surface area contributed by atoms with Gasteiger partial charge in [0.1, 0.15) is 0 Å². The fourth-order valence-electron chi connectivity index (χ4n) is 1.29. The van der Waals surface area contributed by atoms with E-state index < -0.39 is 0 Å². The van der Waals surface area contributed by atoms with Gasteiger partial charge >= 0.3 is 0 Å². The molecule has 0 aromatic carbocycles. The standard InChI is InChI=1S/C8H16N2/c9-6-8(3-4-8)10-5-7-1-2-7/h7,10H,1-6,9H2. The third kappa shape index (κ3) is 1.32. The molecular formula is C8H16N2. The number of nitrogens with one attached hydrogen (secondary N) is 1. The first-order chi connectivity index (χ1) is 4.85. The second-order valence-electron chi connectivity index (χ2n) is 3.81. The Balaban J connectivity index is 1.68. The van der Waals surface area contributed by atoms with Crippen molar-refractivity contribution < 1.29 is 0 Å². The normalized spacial score (nSPS) is 28.5. The highest BCUT2D eigenvalue weighted by Crippen LogP contribution is 2.36. The molecule has 0 spiro atoms. The van der Waals surface area contributed by atoms with Crippen LogP contribution in [0.2, 0.25) is 0 Å². The summed E-state index contributed by atoms with van der Waals surface area (Å²) >= 11 is 0. The van der Waals surface area contributed by atoms with Gasteiger partial charge in [-0.05, 0) is 38.1 Å². The highest BCUT2D eigenvalue weighted by atomic mass is 15.0. The highest BCUT2D eigenvalue weighted by molar-refractivity contribution is 5.03. The van der Waals surface area contributed by atoms with Crippen molar-refractivity contribution in [2.45, 2.75) is 31.2 Å². The van der Waals surface area contributed by atoms with E-state index in [0.717, 1.165) is 12.5 Å². The van der Waals surface area contributed by atoms with Gasteiger partial charge in [0.05, 0.1) is 0 Å². The largest absolute Gasteiger partial charge is 0.329 e. The van der Waals surface area contributed by atoms with E-state index in [0.29, 0.717) is 5.54 Å². The smallest absolute Gasteiger partial charge is 0.0305 e. The van der Waals surface area contributed by atoms with Gasteiger partial charge in [0.15, 0.2) is 0 Å². The van der Waals surface area contributed by atoms with Gasteiger partial charge in [0.2, 0.25) is 0 Å². The molecule has 0 heterocycles. The Morgan fingerprint density at radius 3 is 2.50 bits per heavy atom. The summed E-state index contributed by atoms with van der Waals surface area (Å²) in [5.41, 5.74) is 6.00. The molecule has 2 aliphatic carbocycles. The van der Waals surface area contributed by atoms with E-state index in [1.807, 2.05) is 0 Å². The Kier molecular flexibility index (Phi) is 1.46. The first kappa shape index (κ1) is 6.62. The summed E-state index contributed by atoms with van der Waals surface area (Å²) in [7, 11) is 0. The minimum absolute atomic E-state index is 0.391. The van der Waals surface area contributed by atoms with Crippen LogP contribution < -0.4 is 11.1 Å². The molecule has 10 heavy (non-hydrogen) atoms. The molecule has 0 saturated heterocycles. The molecule has 0 aromatic heterocycles. The summed E-state index contributed by atoms with van der Waals surface area (Å²) in [6, 6.07) is 0. The quantitative estimate of drug-likeness (QED) is 0.596. The van der Waals surface area contributed by atoms with Crippen LogP contribution >= 0.6 is 0 Å². The summed E-state index contributed by atoms with van der Waals surface area (Å²) in [5.74, 6) is 0.990. The fourth-order valence-corrected chi connectivity index (χ4v) is 1.29. The monoisotopic (exact) mass is 140 g/mol. The molecule has 0 atom stereocenters. The van der Waals surface area contributed by atoms with Gasteiger partial charge < -0.3 is 11.1 Å². The van der Waals surface area contributed by atoms with E-state index in [-0.39, 0.29) is 0 Å². The lowest BCUT2D eigenvalue weighted by Crippen LogP contribution is -2.39. The molecule has 2 rings (SSSR count). The fraction of sp³-hybridized carbons (Fsp3) is 1.00. The van der Waals surface area contributed by atoms with E-state index in [1.54, 1.807) is 0 Å². The second-order valence-corrected chi connectivity index (χ2v) is 3.81. The van der Waals surface area contributed by atoms with Crippen LogP contribution in [0, 0.1) is 5.92 Å². The lowest BCUT2D eigenvalue weighted by Gasteiger charge is -2.13. The van der Waals surface area contributed by atoms with Gasteiger partial charge in [-0.3, -0.25) is 0 Å². The molecule has 0 radical (unpaired) electrons. The van der Waals surface area contributed by atoms with Crippen LogP contribution in [-0.4, -0.2) is 18.6 Å². The van der Waals surface area contributed by atoms with Crippen LogP contribution in [0.5, 0.6) is 0 Å². The first-order valence-corrected chi connectivity index (χ1v) is 4.30. The van der Waals surface area contributed by atoms with Crippen LogP contribution in [0.1, 0.15) is 25.7 Å². The number of hydrogen-bond acceptors (Lipinski definition) is 2. The van der Waals surface area contributed by atoms with E-state index >= 15 is 0 Å². The Hall–Kier alpha value is -0.0800. The number of hydrogen-bond donors (Lipinski definition) is 2. The molecule has 2 heteroatoms. The Labute approximate surface area is 62.2 Å². The summed E-state index contributed by atoms with van der Waals surface area (Å²) in [5, 5.41) is 3.56. The average molecular weight is 140 g/mol. The van der Waals surface area contributed by atoms with Crippen molar-refractivity contribution in [3.05, 3.63) is 0 Å². The van der Waals surface area contributed by atoms with Crippen LogP contribution in [0.4, 0.5) is 0 Å². The van der Waals surface area contributed by atoms with Gasteiger partial charge in [0.25, 0.3) is 0 Å². The zero-order chi connectivity index (χ0) is 7.03. The predicted octanol–water partition coefficient (Wildman–Crippen LogP) is 0.477. The molecule has 58 valence electrons. The van der Waals surface area contributed by atoms with Gasteiger partial charge in [0, 0.05) is 12.1 Å². The Bertz CT molecular complexity index is 125. The van der Waals surface area contributed by atoms with Crippen molar-refractivity contribution >= 4 is 0 Å². The molecule has 0 amide bonds. The first-order valence-electron chi connectivity index (χ1n) is 4.30. The van der Waals surface area contributed by atoms with Crippen LogP contribution in [0.15, 0.2) is 0 Å². The van der Waals surface area contributed by atoms with E-state index in [2.05, 4.69) is 5.32 Å². The third-order valence-corrected chi connectivity index (χ3v) is 2.71. The molecule has 0 aromatic rings. The maximum Gasteiger partial charge on any atom is 0.0305 e. The minimum Gasteiger partial charge on any atom is -0.329 e. The summed E-state index contributed by atoms with van der Waals surface area (Å²) in [4.78, 5) is 0. The van der Waals surface area contributed by atoms with Gasteiger partial charge in [-0.1, -0.05) is 0 Å². The average Bonchev–Trinajstić information content (AvgIpc) is 2.83. The summed E-state index contributed by atoms with van der Waals surface area (Å²) in [6.07, 6.45) is 5.48. The molecule has 0 aliphatic heterocycles. The van der Waals surface area contributed by atoms with Crippen LogP contribution in [-0.2, 0) is 0 Å². The van der Waals surface area contributed by atoms with Gasteiger partial charge in [-0.15, -0.1) is 0 Å². The highest BCUT2D eigenvalue weighted by Gasteiger charge is 2.41. The lowest BCUT2D eigenvalue weighted by molar-refractivity contribution is 0.490. The molecule has 2 aliphatic rings. The van der Waals surface area contributed by atoms with Crippen molar-refractivity contribution in [2.75, 3.05) is 13.1 Å². The van der Waals surface area contributed by atoms with Crippen molar-refractivity contribution in [3.8, 4) is 0 Å². The Morgan fingerprint density at radius 1 is 1.40 bits per heavy atom. The zero-order valence-electron chi connectivity index (χ0n) is 6.40. The maximum atomic E-state index is 5.61. The van der Waals surface area contributed by atoms with E-state index in [4.69, 9.17) is 5.73 Å². The van der Waals surface area contributed by atoms with Crippen molar-refractivity contribution in [1.29, 1.82) is 0 Å². The molecular weight excluding hydrogens is 124 g/mol. The van der Waals surface area contributed by atoms with Crippen LogP contribution in [0.25, 0.3) is 0 Å². The lowest BCUT2D eigenvalue weighted by atomic mass is 10.2. The minimum atomic E-state index is 0.391. The maximum absolute atomic E-state index is 5.61. The molecule has 2 saturated carbocycles. The zero-order valence-corrected chi connectivity index (χ0v) is 6.40. The van der Waals surface area contributed by atoms with Crippen LogP contribution in [0.3, 0.4) is 0 Å². The molecule has 0 bridgehead atoms. The third-order valence-electron chi connectivity index (χ3n) is 2.71. The van der Waals surface area contributed by atoms with Gasteiger partial charge in [-0.2, -0.15) is 0 Å². The number of nitrogens with two attached hydrogens (primary N) is 1. The predicted molar refractivity (Wildman–Crippen MR) is 41.7 cm³/mol. The topological polar surface area (TPSA) is 38.0 Å². The molecule has 3 N–H and O–H groups in total. The molecule has 2 fully saturated rings. The SMILES string of the molecule is NCC1(NCC2CC2)CC1. The second kappa shape index (κ2) is 2.21. The van der Waals surface area contributed by atoms with Crippen molar-refractivity contribution in [3.63, 3.8) is 0 Å². The number of rotatable bonds is 4. The van der Waals surface area contributed by atoms with Crippen molar-refractivity contribution in [2.24, 2.45) is 11.7 Å². The Morgan fingerprint density at radius 2 is 2.10 bits per heavy atom. The van der Waals surface area contributed by atoms with Crippen molar-refractivity contribution in [1.82, 2.24) is 5.32 Å². The summed E-state index contributed by atoms with van der Waals surface area (Å²) < 4.78 is 0. The van der Waals surface area contributed by atoms with E-state index in [9.17, 15) is 0 Å². The van der Waals surface area contributed by atoms with E-state index in [1.165, 1.54) is 32.2 Å². The van der Waals surface area contributed by atoms with Gasteiger partial charge in [-0.25, -0.2) is 0 Å². The summed E-state index contributed by atoms with van der Waals surface area (Å²) in [6.45, 7) is 2.05. The molecule has 2 nitrogen and oxygen atoms in total. The molecule has 0 unspecified atom stereocenters.